The van der Waals surface area contributed by atoms with Crippen molar-refractivity contribution < 1.29 is 9.53 Å². The van der Waals surface area contributed by atoms with Crippen molar-refractivity contribution in [2.75, 3.05) is 18.6 Å². The zero-order valence-electron chi connectivity index (χ0n) is 8.91. The highest BCUT2D eigenvalue weighted by atomic mass is 35.5. The molecule has 0 N–H and O–H groups in total. The molecule has 1 aromatic heterocycles. The Kier molecular flexibility index (Phi) is 4.47. The first-order chi connectivity index (χ1) is 7.07. The number of halogens is 1. The molecule has 0 radical (unpaired) electrons. The molecule has 4 nitrogen and oxygen atoms in total. The monoisotopic (exact) mass is 248 g/mol. The number of thioether (sulfide) groups is 1. The maximum atomic E-state index is 11.6. The molecule has 0 aliphatic carbocycles. The summed E-state index contributed by atoms with van der Waals surface area (Å²) < 4.78 is 6.51. The minimum Gasteiger partial charge on any atom is -0.461 e. The van der Waals surface area contributed by atoms with Crippen LogP contribution in [0, 0.1) is 6.92 Å². The minimum atomic E-state index is -0.403. The van der Waals surface area contributed by atoms with Gasteiger partial charge in [-0.3, -0.25) is 4.68 Å². The second-order valence-corrected chi connectivity index (χ2v) is 4.35. The summed E-state index contributed by atoms with van der Waals surface area (Å²) >= 11 is 7.54. The van der Waals surface area contributed by atoms with Gasteiger partial charge in [-0.15, -0.1) is 0 Å². The summed E-state index contributed by atoms with van der Waals surface area (Å²) in [7, 11) is 1.69. The Morgan fingerprint density at radius 1 is 1.67 bits per heavy atom. The van der Waals surface area contributed by atoms with Crippen LogP contribution in [0.2, 0.25) is 5.15 Å². The molecule has 6 heteroatoms. The SMILES string of the molecule is CSCCOC(=O)c1c(C)nn(C)c1Cl. The maximum absolute atomic E-state index is 11.6. The maximum Gasteiger partial charge on any atom is 0.343 e. The Morgan fingerprint density at radius 3 is 2.80 bits per heavy atom. The van der Waals surface area contributed by atoms with Gasteiger partial charge in [0.2, 0.25) is 0 Å². The van der Waals surface area contributed by atoms with E-state index in [4.69, 9.17) is 16.3 Å². The molecule has 1 rings (SSSR count). The fourth-order valence-corrected chi connectivity index (χ4v) is 1.65. The van der Waals surface area contributed by atoms with Crippen molar-refractivity contribution in [2.24, 2.45) is 7.05 Å². The fourth-order valence-electron chi connectivity index (χ4n) is 1.15. The van der Waals surface area contributed by atoms with Crippen LogP contribution in [0.15, 0.2) is 0 Å². The van der Waals surface area contributed by atoms with Crippen molar-refractivity contribution >= 4 is 29.3 Å². The molecule has 0 amide bonds. The lowest BCUT2D eigenvalue weighted by atomic mass is 10.3. The van der Waals surface area contributed by atoms with Crippen LogP contribution in [0.1, 0.15) is 16.1 Å². The van der Waals surface area contributed by atoms with Gasteiger partial charge >= 0.3 is 5.97 Å². The molecule has 0 aliphatic rings. The number of carbonyl (C=O) groups is 1. The third kappa shape index (κ3) is 2.89. The topological polar surface area (TPSA) is 44.1 Å². The smallest absolute Gasteiger partial charge is 0.343 e. The first-order valence-corrected chi connectivity index (χ1v) is 6.20. The molecule has 1 aromatic rings. The first-order valence-electron chi connectivity index (χ1n) is 4.43. The average Bonchev–Trinajstić information content (AvgIpc) is 2.41. The number of esters is 1. The molecule has 0 bridgehead atoms. The van der Waals surface area contributed by atoms with E-state index in [2.05, 4.69) is 5.10 Å². The normalized spacial score (nSPS) is 10.4. The first kappa shape index (κ1) is 12.4. The van der Waals surface area contributed by atoms with E-state index in [-0.39, 0.29) is 0 Å². The molecule has 0 aromatic carbocycles. The number of aryl methyl sites for hydroxylation is 2. The van der Waals surface area contributed by atoms with Crippen molar-refractivity contribution in [3.8, 4) is 0 Å². The third-order valence-electron chi connectivity index (χ3n) is 1.88. The molecule has 15 heavy (non-hydrogen) atoms. The second kappa shape index (κ2) is 5.42. The van der Waals surface area contributed by atoms with E-state index in [0.717, 1.165) is 5.75 Å². The van der Waals surface area contributed by atoms with E-state index in [0.29, 0.717) is 23.0 Å². The van der Waals surface area contributed by atoms with E-state index in [9.17, 15) is 4.79 Å². The minimum absolute atomic E-state index is 0.321. The van der Waals surface area contributed by atoms with Crippen LogP contribution in [-0.4, -0.2) is 34.4 Å². The average molecular weight is 249 g/mol. The molecule has 0 fully saturated rings. The van der Waals surface area contributed by atoms with Crippen molar-refractivity contribution in [3.63, 3.8) is 0 Å². The van der Waals surface area contributed by atoms with Crippen molar-refractivity contribution in [2.45, 2.75) is 6.92 Å². The third-order valence-corrected chi connectivity index (χ3v) is 2.89. The largest absolute Gasteiger partial charge is 0.461 e. The number of rotatable bonds is 4. The molecule has 0 unspecified atom stereocenters. The Labute approximate surface area is 97.9 Å². The summed E-state index contributed by atoms with van der Waals surface area (Å²) in [5.74, 6) is 0.377. The highest BCUT2D eigenvalue weighted by Crippen LogP contribution is 2.19. The highest BCUT2D eigenvalue weighted by Gasteiger charge is 2.19. The van der Waals surface area contributed by atoms with Crippen LogP contribution in [0.4, 0.5) is 0 Å². The highest BCUT2D eigenvalue weighted by molar-refractivity contribution is 7.98. The zero-order chi connectivity index (χ0) is 11.4. The molecule has 0 saturated heterocycles. The van der Waals surface area contributed by atoms with Crippen LogP contribution in [-0.2, 0) is 11.8 Å². The van der Waals surface area contributed by atoms with Crippen molar-refractivity contribution in [1.82, 2.24) is 9.78 Å². The van der Waals surface area contributed by atoms with Crippen LogP contribution >= 0.6 is 23.4 Å². The van der Waals surface area contributed by atoms with E-state index in [1.165, 1.54) is 4.68 Å². The van der Waals surface area contributed by atoms with Gasteiger partial charge in [-0.1, -0.05) is 11.6 Å². The quantitative estimate of drug-likeness (QED) is 0.603. The summed E-state index contributed by atoms with van der Waals surface area (Å²) in [6, 6.07) is 0. The molecule has 0 atom stereocenters. The van der Waals surface area contributed by atoms with Crippen LogP contribution < -0.4 is 0 Å². The lowest BCUT2D eigenvalue weighted by Gasteiger charge is -2.02. The van der Waals surface area contributed by atoms with E-state index >= 15 is 0 Å². The van der Waals surface area contributed by atoms with Gasteiger partial charge in [-0.25, -0.2) is 4.79 Å². The molecule has 0 spiro atoms. The summed E-state index contributed by atoms with van der Waals surface area (Å²) in [4.78, 5) is 11.6. The number of ether oxygens (including phenoxy) is 1. The molecule has 0 saturated carbocycles. The van der Waals surface area contributed by atoms with Gasteiger partial charge in [0.15, 0.2) is 0 Å². The Hall–Kier alpha value is -0.680. The van der Waals surface area contributed by atoms with Gasteiger partial charge in [-0.2, -0.15) is 16.9 Å². The van der Waals surface area contributed by atoms with Gasteiger partial charge in [0.05, 0.1) is 5.69 Å². The Bertz CT molecular complexity index is 365. The van der Waals surface area contributed by atoms with Gasteiger partial charge in [-0.05, 0) is 13.2 Å². The number of hydrogen-bond acceptors (Lipinski definition) is 4. The van der Waals surface area contributed by atoms with Crippen molar-refractivity contribution in [1.29, 1.82) is 0 Å². The molecule has 84 valence electrons. The van der Waals surface area contributed by atoms with Gasteiger partial charge in [0.1, 0.15) is 17.3 Å². The van der Waals surface area contributed by atoms with E-state index in [1.54, 1.807) is 25.7 Å². The molecule has 0 aliphatic heterocycles. The molecular formula is C9H13ClN2O2S. The van der Waals surface area contributed by atoms with Crippen LogP contribution in [0.5, 0.6) is 0 Å². The Balaban J connectivity index is 2.73. The number of hydrogen-bond donors (Lipinski definition) is 0. The standard InChI is InChI=1S/C9H13ClN2O2S/c1-6-7(8(10)12(2)11-6)9(13)14-4-5-15-3/h4-5H2,1-3H3. The predicted octanol–water partition coefficient (Wildman–Crippen LogP) is 1.90. The van der Waals surface area contributed by atoms with Gasteiger partial charge in [0, 0.05) is 12.8 Å². The van der Waals surface area contributed by atoms with Crippen LogP contribution in [0.3, 0.4) is 0 Å². The summed E-state index contributed by atoms with van der Waals surface area (Å²) in [5.41, 5.74) is 0.955. The number of carbonyl (C=O) groups excluding carboxylic acids is 1. The second-order valence-electron chi connectivity index (χ2n) is 3.00. The Morgan fingerprint density at radius 2 is 2.33 bits per heavy atom. The van der Waals surface area contributed by atoms with E-state index in [1.807, 2.05) is 6.26 Å². The molecule has 1 heterocycles. The fraction of sp³-hybridized carbons (Fsp3) is 0.556. The zero-order valence-corrected chi connectivity index (χ0v) is 10.5. The lowest BCUT2D eigenvalue weighted by Crippen LogP contribution is -2.09. The van der Waals surface area contributed by atoms with Crippen molar-refractivity contribution in [3.05, 3.63) is 16.4 Å². The van der Waals surface area contributed by atoms with E-state index < -0.39 is 5.97 Å². The summed E-state index contributed by atoms with van der Waals surface area (Å²) in [5, 5.41) is 4.36. The summed E-state index contributed by atoms with van der Waals surface area (Å²) in [6.45, 7) is 2.13. The lowest BCUT2D eigenvalue weighted by molar-refractivity contribution is 0.0529. The number of nitrogens with zero attached hydrogens (tertiary/aromatic N) is 2. The predicted molar refractivity (Wildman–Crippen MR) is 61.6 cm³/mol. The van der Waals surface area contributed by atoms with Gasteiger partial charge < -0.3 is 4.74 Å². The van der Waals surface area contributed by atoms with Gasteiger partial charge in [0.25, 0.3) is 0 Å². The summed E-state index contributed by atoms with van der Waals surface area (Å²) in [6.07, 6.45) is 1.95. The molecular weight excluding hydrogens is 236 g/mol. The van der Waals surface area contributed by atoms with Crippen LogP contribution in [0.25, 0.3) is 0 Å². The number of aromatic nitrogens is 2.